The summed E-state index contributed by atoms with van der Waals surface area (Å²) in [5.41, 5.74) is 2.23. The average molecular weight is 473 g/mol. The van der Waals surface area contributed by atoms with Gasteiger partial charge in [-0.1, -0.05) is 35.3 Å². The highest BCUT2D eigenvalue weighted by Crippen LogP contribution is 2.26. The molecule has 0 aromatic heterocycles. The van der Waals surface area contributed by atoms with Crippen LogP contribution in [0.3, 0.4) is 0 Å². The van der Waals surface area contributed by atoms with Crippen LogP contribution in [0.25, 0.3) is 0 Å². The zero-order chi connectivity index (χ0) is 23.3. The number of esters is 1. The number of carbonyl (C=O) groups is 2. The van der Waals surface area contributed by atoms with Crippen molar-refractivity contribution < 1.29 is 14.3 Å². The zero-order valence-electron chi connectivity index (χ0n) is 17.6. The Bertz CT molecular complexity index is 1080. The van der Waals surface area contributed by atoms with Crippen LogP contribution < -0.4 is 5.32 Å². The molecular weight excluding hydrogens is 451 g/mol. The first-order valence-electron chi connectivity index (χ1n) is 10.1. The number of ether oxygens (including phenoxy) is 1. The Kier molecular flexibility index (Phi) is 7.73. The lowest BCUT2D eigenvalue weighted by atomic mass is 9.93. The highest BCUT2D eigenvalue weighted by molar-refractivity contribution is 6.34. The Morgan fingerprint density at radius 1 is 1.25 bits per heavy atom. The number of nitrogens with zero attached hydrogens (tertiary/aromatic N) is 3. The van der Waals surface area contributed by atoms with Crippen molar-refractivity contribution in [1.29, 1.82) is 5.26 Å². The molecule has 1 heterocycles. The summed E-state index contributed by atoms with van der Waals surface area (Å²) in [5.74, 6) is -0.599. The lowest BCUT2D eigenvalue weighted by molar-refractivity contribution is 0.0378. The molecule has 3 rings (SSSR count). The minimum atomic E-state index is -0.528. The number of anilines is 1. The fraction of sp³-hybridized carbons (Fsp3) is 0.304. The molecule has 32 heavy (non-hydrogen) atoms. The van der Waals surface area contributed by atoms with Crippen molar-refractivity contribution in [2.45, 2.75) is 32.8 Å². The number of carbonyl (C=O) groups excluding carboxylic acids is 2. The fourth-order valence-electron chi connectivity index (χ4n) is 3.28. The van der Waals surface area contributed by atoms with Crippen LogP contribution in [0.1, 0.15) is 42.6 Å². The van der Waals surface area contributed by atoms with E-state index in [9.17, 15) is 9.59 Å². The molecule has 0 aliphatic carbocycles. The lowest BCUT2D eigenvalue weighted by Crippen LogP contribution is -2.30. The molecule has 1 atom stereocenters. The Morgan fingerprint density at radius 3 is 2.59 bits per heavy atom. The predicted octanol–water partition coefficient (Wildman–Crippen LogP) is 5.73. The van der Waals surface area contributed by atoms with Gasteiger partial charge in [0.25, 0.3) is 0 Å². The van der Waals surface area contributed by atoms with Crippen LogP contribution in [0.4, 0.5) is 10.5 Å². The second kappa shape index (κ2) is 10.5. The van der Waals surface area contributed by atoms with Crippen molar-refractivity contribution in [2.75, 3.05) is 11.9 Å². The van der Waals surface area contributed by atoms with Crippen molar-refractivity contribution in [3.05, 3.63) is 63.6 Å². The average Bonchev–Trinajstić information content (AvgIpc) is 3.16. The van der Waals surface area contributed by atoms with Crippen LogP contribution in [0.15, 0.2) is 47.6 Å². The Labute approximate surface area is 196 Å². The van der Waals surface area contributed by atoms with Crippen LogP contribution in [0, 0.1) is 17.2 Å². The summed E-state index contributed by atoms with van der Waals surface area (Å²) < 4.78 is 5.16. The van der Waals surface area contributed by atoms with Crippen LogP contribution in [-0.2, 0) is 4.74 Å². The second-order valence-electron chi connectivity index (χ2n) is 7.55. The first-order chi connectivity index (χ1) is 15.3. The molecule has 7 nitrogen and oxygen atoms in total. The Hall–Kier alpha value is -3.08. The van der Waals surface area contributed by atoms with Crippen molar-refractivity contribution in [3.63, 3.8) is 0 Å². The maximum Gasteiger partial charge on any atom is 0.342 e. The molecule has 0 fully saturated rings. The maximum atomic E-state index is 12.8. The van der Waals surface area contributed by atoms with Crippen LogP contribution in [0.5, 0.6) is 0 Å². The molecule has 0 spiro atoms. The van der Waals surface area contributed by atoms with Gasteiger partial charge in [-0.25, -0.2) is 14.6 Å². The summed E-state index contributed by atoms with van der Waals surface area (Å²) in [5, 5.41) is 18.3. The molecule has 2 aromatic carbocycles. The highest BCUT2D eigenvalue weighted by Gasteiger charge is 2.31. The molecule has 1 aliphatic heterocycles. The summed E-state index contributed by atoms with van der Waals surface area (Å²) in [6, 6.07) is 13.5. The van der Waals surface area contributed by atoms with Gasteiger partial charge in [0.2, 0.25) is 0 Å². The van der Waals surface area contributed by atoms with E-state index in [2.05, 4.69) is 16.5 Å². The number of nitriles is 1. The number of urea groups is 1. The summed E-state index contributed by atoms with van der Waals surface area (Å²) in [7, 11) is 0. The van der Waals surface area contributed by atoms with Gasteiger partial charge in [0, 0.05) is 23.0 Å². The van der Waals surface area contributed by atoms with Crippen LogP contribution in [-0.4, -0.2) is 35.4 Å². The van der Waals surface area contributed by atoms with Gasteiger partial charge in [-0.15, -0.1) is 0 Å². The molecule has 2 amide bonds. The van der Waals surface area contributed by atoms with E-state index in [0.29, 0.717) is 30.1 Å². The number of hydrogen-bond acceptors (Lipinski definition) is 5. The zero-order valence-corrected chi connectivity index (χ0v) is 19.2. The lowest BCUT2D eigenvalue weighted by Gasteiger charge is -2.15. The predicted molar refractivity (Wildman–Crippen MR) is 124 cm³/mol. The quantitative estimate of drug-likeness (QED) is 0.542. The van der Waals surface area contributed by atoms with Gasteiger partial charge in [0.05, 0.1) is 35.0 Å². The summed E-state index contributed by atoms with van der Waals surface area (Å²) in [6.07, 6.45) is 0.672. The number of halogens is 2. The van der Waals surface area contributed by atoms with Crippen molar-refractivity contribution >= 4 is 46.6 Å². The first kappa shape index (κ1) is 23.6. The molecule has 0 saturated carbocycles. The van der Waals surface area contributed by atoms with E-state index in [-0.39, 0.29) is 22.6 Å². The Morgan fingerprint density at radius 2 is 1.97 bits per heavy atom. The van der Waals surface area contributed by atoms with Gasteiger partial charge >= 0.3 is 12.0 Å². The number of nitrogens with one attached hydrogen (secondary N) is 1. The second-order valence-corrected chi connectivity index (χ2v) is 8.39. The smallest absolute Gasteiger partial charge is 0.342 e. The largest absolute Gasteiger partial charge is 0.459 e. The van der Waals surface area contributed by atoms with Crippen molar-refractivity contribution in [3.8, 4) is 6.07 Å². The first-order valence-corrected chi connectivity index (χ1v) is 10.8. The summed E-state index contributed by atoms with van der Waals surface area (Å²) in [6.45, 7) is 3.84. The molecule has 1 aliphatic rings. The Balaban J connectivity index is 1.75. The molecular formula is C23H22Cl2N4O3. The van der Waals surface area contributed by atoms with E-state index in [0.717, 1.165) is 11.3 Å². The third kappa shape index (κ3) is 5.78. The van der Waals surface area contributed by atoms with E-state index in [1.807, 2.05) is 12.1 Å². The molecule has 2 aromatic rings. The monoisotopic (exact) mass is 472 g/mol. The topological polar surface area (TPSA) is 94.8 Å². The standard InChI is InChI=1S/C23H22Cl2N4O3/c1-14(2)32-22(30)19-10-9-18(12-20(19)25)27-23(31)29-13-16(4-3-11-26)21(28-29)15-5-7-17(24)8-6-15/h5-10,12,14,16H,3-4,13H2,1-2H3,(H,27,31). The molecule has 0 saturated heterocycles. The molecule has 1 N–H and O–H groups in total. The third-order valence-electron chi connectivity index (χ3n) is 4.77. The van der Waals surface area contributed by atoms with Crippen LogP contribution >= 0.6 is 23.2 Å². The van der Waals surface area contributed by atoms with Crippen LogP contribution in [0.2, 0.25) is 10.0 Å². The summed E-state index contributed by atoms with van der Waals surface area (Å²) in [4.78, 5) is 24.9. The van der Waals surface area contributed by atoms with E-state index < -0.39 is 12.0 Å². The van der Waals surface area contributed by atoms with E-state index in [1.165, 1.54) is 17.1 Å². The van der Waals surface area contributed by atoms with E-state index in [4.69, 9.17) is 33.2 Å². The minimum Gasteiger partial charge on any atom is -0.459 e. The highest BCUT2D eigenvalue weighted by atomic mass is 35.5. The fourth-order valence-corrected chi connectivity index (χ4v) is 3.66. The van der Waals surface area contributed by atoms with Gasteiger partial charge in [-0.2, -0.15) is 10.4 Å². The van der Waals surface area contributed by atoms with Gasteiger partial charge < -0.3 is 10.1 Å². The van der Waals surface area contributed by atoms with Crippen molar-refractivity contribution in [1.82, 2.24) is 5.01 Å². The van der Waals surface area contributed by atoms with Crippen molar-refractivity contribution in [2.24, 2.45) is 11.0 Å². The maximum absolute atomic E-state index is 12.8. The molecule has 0 bridgehead atoms. The number of rotatable bonds is 6. The number of benzene rings is 2. The molecule has 1 unspecified atom stereocenters. The van der Waals surface area contributed by atoms with E-state index >= 15 is 0 Å². The molecule has 166 valence electrons. The van der Waals surface area contributed by atoms with Gasteiger partial charge in [-0.05, 0) is 56.2 Å². The SMILES string of the molecule is CC(C)OC(=O)c1ccc(NC(=O)N2CC(CCC#N)C(c3ccc(Cl)cc3)=N2)cc1Cl. The normalized spacial score (nSPS) is 15.3. The molecule has 9 heteroatoms. The van der Waals surface area contributed by atoms with Gasteiger partial charge in [0.1, 0.15) is 0 Å². The van der Waals surface area contributed by atoms with Gasteiger partial charge in [0.15, 0.2) is 0 Å². The minimum absolute atomic E-state index is 0.0710. The number of amides is 2. The number of hydrogen-bond donors (Lipinski definition) is 1. The van der Waals surface area contributed by atoms with Gasteiger partial charge in [-0.3, -0.25) is 0 Å². The molecule has 0 radical (unpaired) electrons. The third-order valence-corrected chi connectivity index (χ3v) is 5.34. The number of hydrazone groups is 1. The summed E-state index contributed by atoms with van der Waals surface area (Å²) >= 11 is 12.2. The van der Waals surface area contributed by atoms with E-state index in [1.54, 1.807) is 32.0 Å².